The Morgan fingerprint density at radius 2 is 1.61 bits per heavy atom. The van der Waals surface area contributed by atoms with Gasteiger partial charge in [0.15, 0.2) is 6.61 Å². The molecule has 0 amide bonds. The molecule has 1 atom stereocenters. The maximum atomic E-state index is 10.7. The van der Waals surface area contributed by atoms with E-state index in [1.54, 1.807) is 0 Å². The predicted molar refractivity (Wildman–Crippen MR) is 55.8 cm³/mol. The summed E-state index contributed by atoms with van der Waals surface area (Å²) in [7, 11) is 0. The Bertz CT molecular complexity index is 472. The molecule has 0 saturated heterocycles. The van der Waals surface area contributed by atoms with Crippen LogP contribution < -0.4 is 0 Å². The van der Waals surface area contributed by atoms with E-state index in [2.05, 4.69) is 4.84 Å². The molecule has 0 aliphatic rings. The van der Waals surface area contributed by atoms with Crippen LogP contribution in [-0.2, 0) is 4.84 Å². The van der Waals surface area contributed by atoms with Gasteiger partial charge < -0.3 is 4.84 Å². The first-order chi connectivity index (χ1) is 8.41. The second-order valence-electron chi connectivity index (χ2n) is 3.17. The minimum atomic E-state index is -1.45. The largest absolute Gasteiger partial charge is 0.306 e. The molecule has 0 saturated carbocycles. The maximum Gasteiger partial charge on any atom is 0.294 e. The van der Waals surface area contributed by atoms with Crippen molar-refractivity contribution in [1.29, 1.82) is 0 Å². The Balaban J connectivity index is 2.89. The van der Waals surface area contributed by atoms with E-state index in [0.717, 1.165) is 24.3 Å². The van der Waals surface area contributed by atoms with Gasteiger partial charge in [0.05, 0.1) is 4.92 Å². The number of nitro groups is 2. The van der Waals surface area contributed by atoms with Crippen LogP contribution in [0.5, 0.6) is 0 Å². The number of nitrogens with zero attached hydrogens (tertiary/aromatic N) is 3. The fourth-order valence-corrected chi connectivity index (χ4v) is 1.23. The van der Waals surface area contributed by atoms with Crippen molar-refractivity contribution in [3.05, 3.63) is 60.2 Å². The van der Waals surface area contributed by atoms with Crippen LogP contribution in [-0.4, -0.2) is 21.5 Å². The summed E-state index contributed by atoms with van der Waals surface area (Å²) in [6.07, 6.45) is 0. The van der Waals surface area contributed by atoms with Gasteiger partial charge >= 0.3 is 0 Å². The molecule has 1 aromatic rings. The Morgan fingerprint density at radius 3 is 2.00 bits per heavy atom. The summed E-state index contributed by atoms with van der Waals surface area (Å²) < 4.78 is 0. The number of hydrogen-bond donors (Lipinski definition) is 0. The van der Waals surface area contributed by atoms with Crippen LogP contribution in [0.1, 0.15) is 11.6 Å². The van der Waals surface area contributed by atoms with E-state index in [-0.39, 0.29) is 11.3 Å². The number of benzene rings is 1. The highest BCUT2D eigenvalue weighted by Crippen LogP contribution is 2.20. The third kappa shape index (κ3) is 3.37. The van der Waals surface area contributed by atoms with E-state index in [0.29, 0.717) is 0 Å². The van der Waals surface area contributed by atoms with Crippen molar-refractivity contribution >= 4 is 5.69 Å². The molecule has 0 heterocycles. The molecule has 0 fully saturated rings. The molecule has 0 aliphatic heterocycles. The third-order valence-corrected chi connectivity index (χ3v) is 2.08. The fraction of sp³-hybridized carbons (Fsp3) is 0.250. The van der Waals surface area contributed by atoms with Crippen molar-refractivity contribution in [1.82, 2.24) is 0 Å². The Labute approximate surface area is 99.2 Å². The summed E-state index contributed by atoms with van der Waals surface area (Å²) in [5.41, 5.74) is -0.136. The zero-order chi connectivity index (χ0) is 13.7. The fourth-order valence-electron chi connectivity index (χ4n) is 1.23. The smallest absolute Gasteiger partial charge is 0.294 e. The van der Waals surface area contributed by atoms with Crippen molar-refractivity contribution in [2.75, 3.05) is 6.61 Å². The van der Waals surface area contributed by atoms with Gasteiger partial charge in [0.25, 0.3) is 16.8 Å². The second-order valence-corrected chi connectivity index (χ2v) is 3.17. The van der Waals surface area contributed by atoms with E-state index >= 15 is 0 Å². The molecule has 1 aromatic carbocycles. The van der Waals surface area contributed by atoms with E-state index < -0.39 is 27.6 Å². The molecule has 0 aliphatic carbocycles. The van der Waals surface area contributed by atoms with Gasteiger partial charge in [0.1, 0.15) is 0 Å². The number of non-ortho nitro benzene ring substituents is 1. The first-order valence-electron chi connectivity index (χ1n) is 4.57. The topological polar surface area (TPSA) is 139 Å². The molecular weight excluding hydrogens is 252 g/mol. The van der Waals surface area contributed by atoms with Gasteiger partial charge in [-0.1, -0.05) is 0 Å². The molecule has 10 heteroatoms. The minimum Gasteiger partial charge on any atom is -0.306 e. The number of rotatable bonds is 6. The van der Waals surface area contributed by atoms with E-state index in [1.807, 2.05) is 0 Å². The first kappa shape index (κ1) is 13.3. The quantitative estimate of drug-likeness (QED) is 0.423. The molecule has 0 N–H and O–H groups in total. The van der Waals surface area contributed by atoms with Crippen molar-refractivity contribution in [3.63, 3.8) is 0 Å². The molecule has 0 aromatic heterocycles. The van der Waals surface area contributed by atoms with Gasteiger partial charge in [0, 0.05) is 22.6 Å². The summed E-state index contributed by atoms with van der Waals surface area (Å²) in [4.78, 5) is 33.6. The zero-order valence-corrected chi connectivity index (χ0v) is 8.79. The summed E-state index contributed by atoms with van der Waals surface area (Å²) >= 11 is 0. The SMILES string of the molecule is O=[N+]([O-])c1ccc(C(CO[15N+](=O)[O-])[15N+](=O)[O-])cc1. The standard InChI is InChI=1S/C8H7N3O7/c12-9(13)7-3-1-6(2-4-7)8(10(14)15)5-18-11(16)17/h1-4,8H,5H2/i10+1,11+1. The van der Waals surface area contributed by atoms with E-state index in [9.17, 15) is 30.3 Å². The Hall–Kier alpha value is -2.78. The van der Waals surface area contributed by atoms with Crippen molar-refractivity contribution in [3.8, 4) is 0 Å². The van der Waals surface area contributed by atoms with Crippen LogP contribution in [0.3, 0.4) is 0 Å². The van der Waals surface area contributed by atoms with Gasteiger partial charge in [-0.2, -0.15) is 0 Å². The highest BCUT2D eigenvalue weighted by Gasteiger charge is 2.25. The highest BCUT2D eigenvalue weighted by atomic mass is 17.2. The first-order valence-corrected chi connectivity index (χ1v) is 4.57. The van der Waals surface area contributed by atoms with E-state index in [4.69, 9.17) is 0 Å². The molecule has 1 unspecified atom stereocenters. The molecular formula is C8H7N3O7. The minimum absolute atomic E-state index is 0.0902. The lowest BCUT2D eigenvalue weighted by Crippen LogP contribution is -2.19. The summed E-state index contributed by atoms with van der Waals surface area (Å²) in [5.74, 6) is 0. The normalized spacial score (nSPS) is 11.6. The lowest BCUT2D eigenvalue weighted by Gasteiger charge is -2.07. The van der Waals surface area contributed by atoms with Gasteiger partial charge in [-0.25, -0.2) is 0 Å². The van der Waals surface area contributed by atoms with Crippen LogP contribution in [0.15, 0.2) is 24.3 Å². The zero-order valence-electron chi connectivity index (χ0n) is 8.79. The number of hydrogen-bond acceptors (Lipinski definition) is 7. The summed E-state index contributed by atoms with van der Waals surface area (Å²) in [5, 5.41) is 29.9. The maximum absolute atomic E-state index is 10.7. The van der Waals surface area contributed by atoms with E-state index in [1.165, 1.54) is 0 Å². The average Bonchev–Trinajstić information content (AvgIpc) is 2.29. The van der Waals surface area contributed by atoms with Crippen LogP contribution in [0, 0.1) is 30.3 Å². The lowest BCUT2D eigenvalue weighted by molar-refractivity contribution is -0.766. The molecule has 0 radical (unpaired) electrons. The molecule has 96 valence electrons. The molecule has 10 nitrogen and oxygen atoms in total. The summed E-state index contributed by atoms with van der Waals surface area (Å²) in [6, 6.07) is 3.04. The Morgan fingerprint density at radius 1 is 1.06 bits per heavy atom. The van der Waals surface area contributed by atoms with Crippen molar-refractivity contribution in [2.24, 2.45) is 0 Å². The highest BCUT2D eigenvalue weighted by molar-refractivity contribution is 5.33. The van der Waals surface area contributed by atoms with Crippen LogP contribution in [0.25, 0.3) is 0 Å². The van der Waals surface area contributed by atoms with Gasteiger partial charge in [-0.3, -0.25) is 20.2 Å². The Kier molecular flexibility index (Phi) is 4.07. The lowest BCUT2D eigenvalue weighted by atomic mass is 10.1. The molecule has 0 spiro atoms. The van der Waals surface area contributed by atoms with Crippen molar-refractivity contribution < 1.29 is 19.8 Å². The third-order valence-electron chi connectivity index (χ3n) is 2.08. The molecule has 18 heavy (non-hydrogen) atoms. The summed E-state index contributed by atoms with van der Waals surface area (Å²) in [6.45, 7) is -0.752. The van der Waals surface area contributed by atoms with Gasteiger partial charge in [-0.05, 0) is 12.1 Å². The van der Waals surface area contributed by atoms with Gasteiger partial charge in [0.2, 0.25) is 0 Å². The predicted octanol–water partition coefficient (Wildman–Crippen LogP) is 1.12. The van der Waals surface area contributed by atoms with Crippen LogP contribution in [0.4, 0.5) is 5.69 Å². The van der Waals surface area contributed by atoms with Crippen LogP contribution >= 0.6 is 0 Å². The average molecular weight is 259 g/mol. The number of nitro benzene ring substituents is 1. The van der Waals surface area contributed by atoms with Crippen molar-refractivity contribution in [2.45, 2.75) is 6.04 Å². The molecule has 0 bridgehead atoms. The monoisotopic (exact) mass is 259 g/mol. The van der Waals surface area contributed by atoms with Crippen LogP contribution in [0.2, 0.25) is 0 Å². The van der Waals surface area contributed by atoms with Gasteiger partial charge in [-0.15, -0.1) is 10.1 Å². The molecule has 1 rings (SSSR count). The second kappa shape index (κ2) is 5.52.